The van der Waals surface area contributed by atoms with Gasteiger partial charge in [0.05, 0.1) is 16.2 Å². The number of thioether (sulfide) groups is 1. The van der Waals surface area contributed by atoms with Gasteiger partial charge in [0.15, 0.2) is 5.16 Å². The minimum Gasteiger partial charge on any atom is -0.382 e. The van der Waals surface area contributed by atoms with Gasteiger partial charge in [-0.3, -0.25) is 14.2 Å². The summed E-state index contributed by atoms with van der Waals surface area (Å²) in [4.78, 5) is 32.3. The van der Waals surface area contributed by atoms with Crippen molar-refractivity contribution in [2.75, 3.05) is 20.3 Å². The maximum absolute atomic E-state index is 13.5. The molecule has 0 spiro atoms. The molecular formula is C24H28FN3O3S. The fourth-order valence-electron chi connectivity index (χ4n) is 3.41. The van der Waals surface area contributed by atoms with Gasteiger partial charge in [-0.15, -0.1) is 0 Å². The van der Waals surface area contributed by atoms with Crippen molar-refractivity contribution in [2.45, 2.75) is 43.8 Å². The van der Waals surface area contributed by atoms with Crippen LogP contribution in [0.4, 0.5) is 4.39 Å². The molecule has 1 unspecified atom stereocenters. The van der Waals surface area contributed by atoms with E-state index in [1.807, 2.05) is 19.1 Å². The Hall–Kier alpha value is -2.71. The third-order valence-electron chi connectivity index (χ3n) is 5.02. The first-order chi connectivity index (χ1) is 15.4. The smallest absolute Gasteiger partial charge is 0.262 e. The topological polar surface area (TPSA) is 64.4 Å². The van der Waals surface area contributed by atoms with E-state index in [2.05, 4.69) is 4.98 Å². The van der Waals surface area contributed by atoms with Crippen LogP contribution in [0.2, 0.25) is 0 Å². The van der Waals surface area contributed by atoms with Crippen molar-refractivity contribution in [3.8, 4) is 0 Å². The molecule has 1 heterocycles. The van der Waals surface area contributed by atoms with E-state index in [1.165, 1.54) is 23.9 Å². The summed E-state index contributed by atoms with van der Waals surface area (Å²) in [5.41, 5.74) is 1.20. The number of rotatable bonds is 10. The van der Waals surface area contributed by atoms with Crippen molar-refractivity contribution in [3.63, 3.8) is 0 Å². The maximum atomic E-state index is 13.5. The predicted molar refractivity (Wildman–Crippen MR) is 125 cm³/mol. The van der Waals surface area contributed by atoms with Crippen LogP contribution in [0, 0.1) is 5.82 Å². The van der Waals surface area contributed by atoms with Gasteiger partial charge < -0.3 is 9.64 Å². The van der Waals surface area contributed by atoms with Gasteiger partial charge in [-0.2, -0.15) is 0 Å². The molecule has 0 bridgehead atoms. The molecule has 32 heavy (non-hydrogen) atoms. The summed E-state index contributed by atoms with van der Waals surface area (Å²) < 4.78 is 20.5. The lowest BCUT2D eigenvalue weighted by molar-refractivity contribution is -0.129. The largest absolute Gasteiger partial charge is 0.382 e. The zero-order valence-corrected chi connectivity index (χ0v) is 19.4. The Labute approximate surface area is 191 Å². The Morgan fingerprint density at radius 3 is 2.78 bits per heavy atom. The Morgan fingerprint density at radius 2 is 2.03 bits per heavy atom. The fourth-order valence-corrected chi connectivity index (χ4v) is 4.46. The standard InChI is InChI=1S/C24H28FN3O3S/c1-4-31-14-8-13-28-23(30)20-11-5-6-12-21(20)26-24(28)32-17(2)22(29)27(3)16-18-9-7-10-19(25)15-18/h5-7,9-12,15,17H,4,8,13-14,16H2,1-3H3. The molecule has 0 saturated heterocycles. The fraction of sp³-hybridized carbons (Fsp3) is 0.375. The highest BCUT2D eigenvalue weighted by Crippen LogP contribution is 2.24. The SMILES string of the molecule is CCOCCCn1c(SC(C)C(=O)N(C)Cc2cccc(F)c2)nc2ccccc2c1=O. The first kappa shape index (κ1) is 23.9. The van der Waals surface area contributed by atoms with Crippen LogP contribution in [0.5, 0.6) is 0 Å². The zero-order chi connectivity index (χ0) is 23.1. The summed E-state index contributed by atoms with van der Waals surface area (Å²) in [5.74, 6) is -0.454. The van der Waals surface area contributed by atoms with Gasteiger partial charge >= 0.3 is 0 Å². The number of carbonyl (C=O) groups excluding carboxylic acids is 1. The summed E-state index contributed by atoms with van der Waals surface area (Å²) >= 11 is 1.26. The van der Waals surface area contributed by atoms with Crippen LogP contribution in [0.15, 0.2) is 58.5 Å². The number of hydrogen-bond donors (Lipinski definition) is 0. The number of fused-ring (bicyclic) bond motifs is 1. The quantitative estimate of drug-likeness (QED) is 0.261. The van der Waals surface area contributed by atoms with Gasteiger partial charge in [-0.25, -0.2) is 9.37 Å². The highest BCUT2D eigenvalue weighted by atomic mass is 32.2. The molecule has 0 aliphatic heterocycles. The predicted octanol–water partition coefficient (Wildman–Crippen LogP) is 4.10. The van der Waals surface area contributed by atoms with E-state index < -0.39 is 5.25 Å². The van der Waals surface area contributed by atoms with Crippen molar-refractivity contribution in [2.24, 2.45) is 0 Å². The van der Waals surface area contributed by atoms with Crippen LogP contribution in [0.25, 0.3) is 10.9 Å². The number of ether oxygens (including phenoxy) is 1. The summed E-state index contributed by atoms with van der Waals surface area (Å²) in [6, 6.07) is 13.4. The molecule has 3 rings (SSSR count). The van der Waals surface area contributed by atoms with Crippen molar-refractivity contribution in [3.05, 3.63) is 70.3 Å². The minimum absolute atomic E-state index is 0.123. The van der Waals surface area contributed by atoms with Crippen LogP contribution >= 0.6 is 11.8 Å². The average molecular weight is 458 g/mol. The number of benzene rings is 2. The number of halogens is 1. The molecule has 1 atom stereocenters. The molecule has 0 saturated carbocycles. The molecule has 3 aromatic rings. The van der Waals surface area contributed by atoms with E-state index in [9.17, 15) is 14.0 Å². The van der Waals surface area contributed by atoms with Crippen LogP contribution in [0.3, 0.4) is 0 Å². The van der Waals surface area contributed by atoms with Gasteiger partial charge in [0.2, 0.25) is 5.91 Å². The van der Waals surface area contributed by atoms with Gasteiger partial charge in [0.1, 0.15) is 5.82 Å². The van der Waals surface area contributed by atoms with Crippen LogP contribution < -0.4 is 5.56 Å². The zero-order valence-electron chi connectivity index (χ0n) is 18.6. The van der Waals surface area contributed by atoms with E-state index in [1.54, 1.807) is 47.7 Å². The molecule has 170 valence electrons. The number of aromatic nitrogens is 2. The van der Waals surface area contributed by atoms with Gasteiger partial charge in [0.25, 0.3) is 5.56 Å². The third kappa shape index (κ3) is 5.95. The van der Waals surface area contributed by atoms with Gasteiger partial charge in [-0.1, -0.05) is 36.0 Å². The summed E-state index contributed by atoms with van der Waals surface area (Å²) in [6.45, 7) is 5.65. The second kappa shape index (κ2) is 11.2. The molecule has 1 aromatic heterocycles. The first-order valence-corrected chi connectivity index (χ1v) is 11.5. The Bertz CT molecular complexity index is 1130. The Morgan fingerprint density at radius 1 is 1.25 bits per heavy atom. The van der Waals surface area contributed by atoms with Crippen LogP contribution in [-0.2, 0) is 22.6 Å². The minimum atomic E-state index is -0.472. The molecule has 8 heteroatoms. The second-order valence-electron chi connectivity index (χ2n) is 7.50. The molecule has 0 radical (unpaired) electrons. The van der Waals surface area contributed by atoms with E-state index in [0.29, 0.717) is 48.8 Å². The highest BCUT2D eigenvalue weighted by molar-refractivity contribution is 8.00. The van der Waals surface area contributed by atoms with Crippen LogP contribution in [-0.4, -0.2) is 45.9 Å². The number of carbonyl (C=O) groups is 1. The van der Waals surface area contributed by atoms with E-state index in [4.69, 9.17) is 4.74 Å². The number of hydrogen-bond acceptors (Lipinski definition) is 5. The lowest BCUT2D eigenvalue weighted by Gasteiger charge is -2.22. The highest BCUT2D eigenvalue weighted by Gasteiger charge is 2.22. The molecule has 0 N–H and O–H groups in total. The summed E-state index contributed by atoms with van der Waals surface area (Å²) in [7, 11) is 1.69. The van der Waals surface area contributed by atoms with Gasteiger partial charge in [-0.05, 0) is 50.1 Å². The molecule has 0 fully saturated rings. The lowest BCUT2D eigenvalue weighted by Crippen LogP contribution is -2.33. The molecule has 6 nitrogen and oxygen atoms in total. The van der Waals surface area contributed by atoms with Crippen molar-refractivity contribution in [1.29, 1.82) is 0 Å². The number of nitrogens with zero attached hydrogens (tertiary/aromatic N) is 3. The van der Waals surface area contributed by atoms with Crippen molar-refractivity contribution >= 4 is 28.6 Å². The molecule has 0 aliphatic carbocycles. The summed E-state index contributed by atoms with van der Waals surface area (Å²) in [5, 5.41) is 0.584. The molecular weight excluding hydrogens is 429 g/mol. The van der Waals surface area contributed by atoms with E-state index in [-0.39, 0.29) is 17.3 Å². The Balaban J connectivity index is 1.80. The molecule has 0 aliphatic rings. The monoisotopic (exact) mass is 457 g/mol. The molecule has 1 amide bonds. The van der Waals surface area contributed by atoms with Gasteiger partial charge in [0, 0.05) is 33.4 Å². The second-order valence-corrected chi connectivity index (χ2v) is 8.81. The maximum Gasteiger partial charge on any atom is 0.262 e. The van der Waals surface area contributed by atoms with Crippen molar-refractivity contribution < 1.29 is 13.9 Å². The number of amides is 1. The van der Waals surface area contributed by atoms with Crippen molar-refractivity contribution in [1.82, 2.24) is 14.5 Å². The molecule has 2 aromatic carbocycles. The number of para-hydroxylation sites is 1. The third-order valence-corrected chi connectivity index (χ3v) is 6.09. The lowest BCUT2D eigenvalue weighted by atomic mass is 10.2. The van der Waals surface area contributed by atoms with E-state index >= 15 is 0 Å². The van der Waals surface area contributed by atoms with E-state index in [0.717, 1.165) is 5.56 Å². The average Bonchev–Trinajstić information content (AvgIpc) is 2.77. The van der Waals surface area contributed by atoms with Crippen LogP contribution in [0.1, 0.15) is 25.8 Å². The Kier molecular flexibility index (Phi) is 8.41. The summed E-state index contributed by atoms with van der Waals surface area (Å²) in [6.07, 6.45) is 0.670. The normalized spacial score (nSPS) is 12.1. The first-order valence-electron chi connectivity index (χ1n) is 10.6.